The summed E-state index contributed by atoms with van der Waals surface area (Å²) in [6, 6.07) is 4.72. The lowest BCUT2D eigenvalue weighted by Gasteiger charge is -2.15. The van der Waals surface area contributed by atoms with Crippen molar-refractivity contribution in [2.24, 2.45) is 7.05 Å². The van der Waals surface area contributed by atoms with Crippen molar-refractivity contribution in [3.05, 3.63) is 52.6 Å². The van der Waals surface area contributed by atoms with Gasteiger partial charge in [-0.2, -0.15) is 5.10 Å². The topological polar surface area (TPSA) is 56.2 Å². The van der Waals surface area contributed by atoms with Crippen molar-refractivity contribution in [2.75, 3.05) is 13.2 Å². The fourth-order valence-electron chi connectivity index (χ4n) is 3.70. The monoisotopic (exact) mass is 329 g/mol. The first-order valence-electron chi connectivity index (χ1n) is 8.32. The highest BCUT2D eigenvalue weighted by Crippen LogP contribution is 2.32. The molecule has 0 radical (unpaired) electrons. The minimum Gasteiger partial charge on any atom is -0.381 e. The maximum Gasteiger partial charge on any atom is 0.255 e. The number of ether oxygens (including phenoxy) is 1. The number of hydrogen-bond acceptors (Lipinski definition) is 3. The van der Waals surface area contributed by atoms with Gasteiger partial charge in [-0.15, -0.1) is 0 Å². The molecule has 0 saturated carbocycles. The molecule has 1 amide bonds. The molecule has 1 aromatic carbocycles. The Balaban J connectivity index is 1.56. The molecule has 1 aliphatic carbocycles. The summed E-state index contributed by atoms with van der Waals surface area (Å²) in [7, 11) is 1.82. The zero-order chi connectivity index (χ0) is 16.7. The number of hydrogen-bond donors (Lipinski definition) is 1. The van der Waals surface area contributed by atoms with E-state index in [2.05, 4.69) is 10.4 Å². The number of amides is 1. The standard InChI is InChI=1S/C18H20FN3O2/c1-22-9-15(17(21-22)12-6-7-24-10-12)18(23)20-16-5-2-11-8-13(19)3-4-14(11)16/h3-4,8-9,12,16H,2,5-7,10H2,1H3,(H,20,23)/t12-,16-/m1/s1. The summed E-state index contributed by atoms with van der Waals surface area (Å²) in [6.07, 6.45) is 4.24. The zero-order valence-corrected chi connectivity index (χ0v) is 13.6. The molecule has 1 fully saturated rings. The summed E-state index contributed by atoms with van der Waals surface area (Å²) >= 11 is 0. The number of fused-ring (bicyclic) bond motifs is 1. The number of rotatable bonds is 3. The van der Waals surface area contributed by atoms with Crippen LogP contribution in [0.2, 0.25) is 0 Å². The van der Waals surface area contributed by atoms with Crippen molar-refractivity contribution in [2.45, 2.75) is 31.2 Å². The molecule has 126 valence electrons. The Labute approximate surface area is 139 Å². The maximum atomic E-state index is 13.3. The average molecular weight is 329 g/mol. The van der Waals surface area contributed by atoms with Crippen LogP contribution in [-0.2, 0) is 18.2 Å². The van der Waals surface area contributed by atoms with Gasteiger partial charge >= 0.3 is 0 Å². The molecule has 5 nitrogen and oxygen atoms in total. The van der Waals surface area contributed by atoms with Crippen LogP contribution in [0.25, 0.3) is 0 Å². The van der Waals surface area contributed by atoms with Crippen LogP contribution in [0, 0.1) is 5.82 Å². The predicted octanol–water partition coefficient (Wildman–Crippen LogP) is 2.48. The largest absolute Gasteiger partial charge is 0.381 e. The number of nitrogens with one attached hydrogen (secondary N) is 1. The van der Waals surface area contributed by atoms with Gasteiger partial charge in [0, 0.05) is 25.8 Å². The number of carbonyl (C=O) groups is 1. The summed E-state index contributed by atoms with van der Waals surface area (Å²) in [5.41, 5.74) is 3.42. The lowest BCUT2D eigenvalue weighted by molar-refractivity contribution is 0.0935. The third-order valence-corrected chi connectivity index (χ3v) is 4.91. The van der Waals surface area contributed by atoms with Gasteiger partial charge in [-0.25, -0.2) is 4.39 Å². The number of halogens is 1. The lowest BCUT2D eigenvalue weighted by atomic mass is 10.0. The highest BCUT2D eigenvalue weighted by Gasteiger charge is 2.29. The minimum atomic E-state index is -0.225. The quantitative estimate of drug-likeness (QED) is 0.941. The second-order valence-electron chi connectivity index (χ2n) is 6.57. The van der Waals surface area contributed by atoms with E-state index in [4.69, 9.17) is 4.74 Å². The first-order valence-corrected chi connectivity index (χ1v) is 8.32. The van der Waals surface area contributed by atoms with Gasteiger partial charge in [-0.05, 0) is 42.5 Å². The Morgan fingerprint density at radius 1 is 1.42 bits per heavy atom. The number of nitrogens with zero attached hydrogens (tertiary/aromatic N) is 2. The first kappa shape index (κ1) is 15.3. The van der Waals surface area contributed by atoms with E-state index in [9.17, 15) is 9.18 Å². The zero-order valence-electron chi connectivity index (χ0n) is 13.6. The lowest BCUT2D eigenvalue weighted by Crippen LogP contribution is -2.28. The molecule has 0 spiro atoms. The smallest absolute Gasteiger partial charge is 0.255 e. The minimum absolute atomic E-state index is 0.0685. The van der Waals surface area contributed by atoms with Crippen molar-refractivity contribution in [1.29, 1.82) is 0 Å². The van der Waals surface area contributed by atoms with E-state index in [1.807, 2.05) is 7.05 Å². The maximum absolute atomic E-state index is 13.3. The van der Waals surface area contributed by atoms with E-state index in [0.29, 0.717) is 18.8 Å². The van der Waals surface area contributed by atoms with Crippen LogP contribution in [-0.4, -0.2) is 28.9 Å². The Hall–Kier alpha value is -2.21. The fourth-order valence-corrected chi connectivity index (χ4v) is 3.70. The molecule has 1 saturated heterocycles. The first-order chi connectivity index (χ1) is 11.6. The van der Waals surface area contributed by atoms with Gasteiger partial charge in [0.05, 0.1) is 23.9 Å². The molecule has 6 heteroatoms. The molecule has 2 atom stereocenters. The van der Waals surface area contributed by atoms with Gasteiger partial charge in [0.2, 0.25) is 0 Å². The van der Waals surface area contributed by atoms with Gasteiger partial charge < -0.3 is 10.1 Å². The molecule has 1 aliphatic heterocycles. The summed E-state index contributed by atoms with van der Waals surface area (Å²) in [6.45, 7) is 1.33. The molecule has 2 aliphatic rings. The third-order valence-electron chi connectivity index (χ3n) is 4.91. The molecule has 2 heterocycles. The summed E-state index contributed by atoms with van der Waals surface area (Å²) < 4.78 is 20.4. The molecule has 0 unspecified atom stereocenters. The van der Waals surface area contributed by atoms with E-state index in [0.717, 1.165) is 36.1 Å². The Bertz CT molecular complexity index is 781. The predicted molar refractivity (Wildman–Crippen MR) is 86.3 cm³/mol. The van der Waals surface area contributed by atoms with Crippen LogP contribution in [0.15, 0.2) is 24.4 Å². The van der Waals surface area contributed by atoms with Gasteiger partial charge in [0.15, 0.2) is 0 Å². The summed E-state index contributed by atoms with van der Waals surface area (Å²) in [4.78, 5) is 12.8. The van der Waals surface area contributed by atoms with E-state index < -0.39 is 0 Å². The van der Waals surface area contributed by atoms with E-state index in [-0.39, 0.29) is 23.7 Å². The summed E-state index contributed by atoms with van der Waals surface area (Å²) in [5, 5.41) is 7.56. The van der Waals surface area contributed by atoms with Crippen LogP contribution in [0.3, 0.4) is 0 Å². The molecule has 1 aromatic heterocycles. The van der Waals surface area contributed by atoms with Crippen molar-refractivity contribution >= 4 is 5.91 Å². The number of carbonyl (C=O) groups excluding carboxylic acids is 1. The van der Waals surface area contributed by atoms with Gasteiger partial charge in [0.25, 0.3) is 5.91 Å². The normalized spacial score (nSPS) is 22.6. The number of aryl methyl sites for hydroxylation is 2. The van der Waals surface area contributed by atoms with Gasteiger partial charge in [-0.3, -0.25) is 9.48 Å². The number of aromatic nitrogens is 2. The van der Waals surface area contributed by atoms with Crippen LogP contribution in [0.1, 0.15) is 52.0 Å². The SMILES string of the molecule is Cn1cc(C(=O)N[C@@H]2CCc3cc(F)ccc32)c([C@@H]2CCOC2)n1. The molecular formula is C18H20FN3O2. The van der Waals surface area contributed by atoms with E-state index in [1.165, 1.54) is 6.07 Å². The molecule has 0 bridgehead atoms. The van der Waals surface area contributed by atoms with Crippen LogP contribution < -0.4 is 5.32 Å². The second kappa shape index (κ2) is 6.02. The van der Waals surface area contributed by atoms with Crippen molar-refractivity contribution in [3.8, 4) is 0 Å². The van der Waals surface area contributed by atoms with E-state index in [1.54, 1.807) is 23.0 Å². The third kappa shape index (κ3) is 2.71. The van der Waals surface area contributed by atoms with Crippen molar-refractivity contribution < 1.29 is 13.9 Å². The Morgan fingerprint density at radius 3 is 3.08 bits per heavy atom. The Kier molecular flexibility index (Phi) is 3.84. The summed E-state index contributed by atoms with van der Waals surface area (Å²) in [5.74, 6) is -0.166. The van der Waals surface area contributed by atoms with Crippen LogP contribution in [0.4, 0.5) is 4.39 Å². The van der Waals surface area contributed by atoms with Crippen molar-refractivity contribution in [1.82, 2.24) is 15.1 Å². The van der Waals surface area contributed by atoms with Crippen LogP contribution >= 0.6 is 0 Å². The highest BCUT2D eigenvalue weighted by molar-refractivity contribution is 5.95. The van der Waals surface area contributed by atoms with Crippen LogP contribution in [0.5, 0.6) is 0 Å². The van der Waals surface area contributed by atoms with Crippen molar-refractivity contribution in [3.63, 3.8) is 0 Å². The molecular weight excluding hydrogens is 309 g/mol. The number of benzene rings is 1. The molecule has 1 N–H and O–H groups in total. The molecule has 4 rings (SSSR count). The molecule has 24 heavy (non-hydrogen) atoms. The Morgan fingerprint density at radius 2 is 2.29 bits per heavy atom. The van der Waals surface area contributed by atoms with Gasteiger partial charge in [0.1, 0.15) is 5.82 Å². The average Bonchev–Trinajstić information content (AvgIpc) is 3.26. The fraction of sp³-hybridized carbons (Fsp3) is 0.444. The molecule has 2 aromatic rings. The highest BCUT2D eigenvalue weighted by atomic mass is 19.1. The van der Waals surface area contributed by atoms with E-state index >= 15 is 0 Å². The van der Waals surface area contributed by atoms with Gasteiger partial charge in [-0.1, -0.05) is 6.07 Å². The second-order valence-corrected chi connectivity index (χ2v) is 6.57.